The summed E-state index contributed by atoms with van der Waals surface area (Å²) in [5.41, 5.74) is -0.171. The summed E-state index contributed by atoms with van der Waals surface area (Å²) in [6.07, 6.45) is -4.41. The predicted octanol–water partition coefficient (Wildman–Crippen LogP) is 1.65. The van der Waals surface area contributed by atoms with Crippen molar-refractivity contribution in [2.45, 2.75) is 12.2 Å². The Balaban J connectivity index is 2.32. The molecule has 2 N–H and O–H groups in total. The third-order valence-electron chi connectivity index (χ3n) is 3.69. The lowest BCUT2D eigenvalue weighted by Gasteiger charge is -2.34. The van der Waals surface area contributed by atoms with Gasteiger partial charge in [0.25, 0.3) is 0 Å². The molecule has 0 aliphatic carbocycles. The summed E-state index contributed by atoms with van der Waals surface area (Å²) in [6, 6.07) is 3.05. The van der Waals surface area contributed by atoms with E-state index in [1.807, 2.05) is 4.90 Å². The molecule has 1 aliphatic rings. The van der Waals surface area contributed by atoms with Crippen molar-refractivity contribution in [1.82, 2.24) is 10.2 Å². The van der Waals surface area contributed by atoms with Crippen molar-refractivity contribution in [2.75, 3.05) is 39.9 Å². The highest BCUT2D eigenvalue weighted by atomic mass is 19.4. The van der Waals surface area contributed by atoms with Crippen LogP contribution in [-0.2, 0) is 6.18 Å². The first-order valence-corrected chi connectivity index (χ1v) is 6.78. The summed E-state index contributed by atoms with van der Waals surface area (Å²) in [6.45, 7) is 2.88. The average molecular weight is 304 g/mol. The third kappa shape index (κ3) is 3.66. The molecule has 1 fully saturated rings. The number of methoxy groups -OCH3 is 1. The zero-order valence-electron chi connectivity index (χ0n) is 11.8. The Bertz CT molecular complexity index is 474. The molecule has 2 rings (SSSR count). The molecule has 0 amide bonds. The van der Waals surface area contributed by atoms with Crippen LogP contribution in [0, 0.1) is 0 Å². The lowest BCUT2D eigenvalue weighted by atomic mass is 10.0. The number of hydrogen-bond acceptors (Lipinski definition) is 4. The monoisotopic (exact) mass is 304 g/mol. The summed E-state index contributed by atoms with van der Waals surface area (Å²) in [4.78, 5) is 2.04. The van der Waals surface area contributed by atoms with Gasteiger partial charge in [0.2, 0.25) is 0 Å². The van der Waals surface area contributed by atoms with E-state index in [2.05, 4.69) is 5.32 Å². The van der Waals surface area contributed by atoms with E-state index < -0.39 is 11.7 Å². The zero-order valence-corrected chi connectivity index (χ0v) is 11.8. The van der Waals surface area contributed by atoms with Gasteiger partial charge in [0.05, 0.1) is 25.3 Å². The van der Waals surface area contributed by atoms with Crippen molar-refractivity contribution in [1.29, 1.82) is 0 Å². The van der Waals surface area contributed by atoms with Crippen molar-refractivity contribution >= 4 is 0 Å². The third-order valence-corrected chi connectivity index (χ3v) is 3.69. The first-order chi connectivity index (χ1) is 9.97. The van der Waals surface area contributed by atoms with Crippen molar-refractivity contribution in [3.63, 3.8) is 0 Å². The van der Waals surface area contributed by atoms with Gasteiger partial charge in [-0.1, -0.05) is 6.07 Å². The minimum Gasteiger partial charge on any atom is -0.496 e. The Kier molecular flexibility index (Phi) is 5.08. The van der Waals surface area contributed by atoms with Gasteiger partial charge in [-0.2, -0.15) is 13.2 Å². The molecule has 1 atom stereocenters. The van der Waals surface area contributed by atoms with Crippen LogP contribution in [0.15, 0.2) is 18.2 Å². The van der Waals surface area contributed by atoms with Gasteiger partial charge in [0.1, 0.15) is 5.75 Å². The van der Waals surface area contributed by atoms with E-state index in [0.717, 1.165) is 38.3 Å². The number of rotatable bonds is 4. The van der Waals surface area contributed by atoms with E-state index in [0.29, 0.717) is 5.56 Å². The molecule has 0 spiro atoms. The molecular weight excluding hydrogens is 285 g/mol. The standard InChI is InChI=1S/C14H19F3N2O2/c1-21-13-8-10(14(15,16)17)2-3-11(13)12(9-20)19-6-4-18-5-7-19/h2-3,8,12,18,20H,4-7,9H2,1H3/t12-/m1/s1. The van der Waals surface area contributed by atoms with Gasteiger partial charge in [-0.3, -0.25) is 4.90 Å². The predicted molar refractivity (Wildman–Crippen MR) is 72.3 cm³/mol. The highest BCUT2D eigenvalue weighted by Gasteiger charge is 2.32. The maximum absolute atomic E-state index is 12.7. The summed E-state index contributed by atoms with van der Waals surface area (Å²) in [7, 11) is 1.34. The molecule has 118 valence electrons. The highest BCUT2D eigenvalue weighted by Crippen LogP contribution is 2.36. The van der Waals surface area contributed by atoms with Gasteiger partial charge in [-0.25, -0.2) is 0 Å². The fourth-order valence-corrected chi connectivity index (χ4v) is 2.57. The van der Waals surface area contributed by atoms with E-state index in [1.54, 1.807) is 0 Å². The minimum absolute atomic E-state index is 0.155. The Morgan fingerprint density at radius 1 is 1.33 bits per heavy atom. The van der Waals surface area contributed by atoms with Gasteiger partial charge < -0.3 is 15.2 Å². The van der Waals surface area contributed by atoms with Crippen LogP contribution < -0.4 is 10.1 Å². The van der Waals surface area contributed by atoms with E-state index in [9.17, 15) is 18.3 Å². The molecule has 1 aliphatic heterocycles. The lowest BCUT2D eigenvalue weighted by Crippen LogP contribution is -2.46. The molecule has 1 saturated heterocycles. The number of halogens is 3. The second-order valence-electron chi connectivity index (χ2n) is 4.94. The fraction of sp³-hybridized carbons (Fsp3) is 0.571. The maximum atomic E-state index is 12.7. The molecule has 7 heteroatoms. The molecular formula is C14H19F3N2O2. The van der Waals surface area contributed by atoms with Crippen LogP contribution in [0.4, 0.5) is 13.2 Å². The smallest absolute Gasteiger partial charge is 0.416 e. The molecule has 4 nitrogen and oxygen atoms in total. The Hall–Kier alpha value is -1.31. The molecule has 0 aromatic heterocycles. The minimum atomic E-state index is -4.41. The van der Waals surface area contributed by atoms with Crippen molar-refractivity contribution in [3.05, 3.63) is 29.3 Å². The van der Waals surface area contributed by atoms with Crippen LogP contribution in [0.1, 0.15) is 17.2 Å². The van der Waals surface area contributed by atoms with Crippen molar-refractivity contribution < 1.29 is 23.0 Å². The Morgan fingerprint density at radius 3 is 2.52 bits per heavy atom. The first kappa shape index (κ1) is 16.1. The quantitative estimate of drug-likeness (QED) is 0.888. The van der Waals surface area contributed by atoms with Crippen LogP contribution in [0.3, 0.4) is 0 Å². The number of aliphatic hydroxyl groups excluding tert-OH is 1. The number of aliphatic hydroxyl groups is 1. The van der Waals surface area contributed by atoms with Crippen LogP contribution >= 0.6 is 0 Å². The van der Waals surface area contributed by atoms with E-state index >= 15 is 0 Å². The largest absolute Gasteiger partial charge is 0.496 e. The molecule has 0 bridgehead atoms. The number of nitrogens with one attached hydrogen (secondary N) is 1. The number of alkyl halides is 3. The molecule has 1 aromatic rings. The molecule has 0 radical (unpaired) electrons. The summed E-state index contributed by atoms with van der Waals surface area (Å²) in [5, 5.41) is 12.8. The molecule has 0 unspecified atom stereocenters. The van der Waals surface area contributed by atoms with Gasteiger partial charge in [0, 0.05) is 31.7 Å². The number of piperazine rings is 1. The lowest BCUT2D eigenvalue weighted by molar-refractivity contribution is -0.137. The van der Waals surface area contributed by atoms with Crippen LogP contribution in [0.2, 0.25) is 0 Å². The van der Waals surface area contributed by atoms with Crippen molar-refractivity contribution in [3.8, 4) is 5.75 Å². The Labute approximate surface area is 121 Å². The number of ether oxygens (including phenoxy) is 1. The molecule has 21 heavy (non-hydrogen) atoms. The number of nitrogens with zero attached hydrogens (tertiary/aromatic N) is 1. The van der Waals surface area contributed by atoms with Gasteiger partial charge >= 0.3 is 6.18 Å². The fourth-order valence-electron chi connectivity index (χ4n) is 2.57. The van der Waals surface area contributed by atoms with E-state index in [-0.39, 0.29) is 18.4 Å². The summed E-state index contributed by atoms with van der Waals surface area (Å²) >= 11 is 0. The average Bonchev–Trinajstić information content (AvgIpc) is 2.48. The number of hydrogen-bond donors (Lipinski definition) is 2. The molecule has 1 heterocycles. The van der Waals surface area contributed by atoms with Gasteiger partial charge in [-0.15, -0.1) is 0 Å². The highest BCUT2D eigenvalue weighted by molar-refractivity contribution is 5.41. The second-order valence-corrected chi connectivity index (χ2v) is 4.94. The molecule has 0 saturated carbocycles. The van der Waals surface area contributed by atoms with Crippen LogP contribution in [0.25, 0.3) is 0 Å². The zero-order chi connectivity index (χ0) is 15.5. The SMILES string of the molecule is COc1cc(C(F)(F)F)ccc1[C@@H](CO)N1CCNCC1. The maximum Gasteiger partial charge on any atom is 0.416 e. The Morgan fingerprint density at radius 2 is 2.00 bits per heavy atom. The van der Waals surface area contributed by atoms with Crippen molar-refractivity contribution in [2.24, 2.45) is 0 Å². The van der Waals surface area contributed by atoms with Gasteiger partial charge in [0.15, 0.2) is 0 Å². The summed E-state index contributed by atoms with van der Waals surface area (Å²) < 4.78 is 43.4. The topological polar surface area (TPSA) is 44.7 Å². The number of benzene rings is 1. The normalized spacial score (nSPS) is 18.5. The summed E-state index contributed by atoms with van der Waals surface area (Å²) in [5.74, 6) is 0.155. The van der Waals surface area contributed by atoms with E-state index in [4.69, 9.17) is 4.74 Å². The van der Waals surface area contributed by atoms with Crippen LogP contribution in [-0.4, -0.2) is 49.9 Å². The second kappa shape index (κ2) is 6.64. The van der Waals surface area contributed by atoms with Gasteiger partial charge in [-0.05, 0) is 12.1 Å². The van der Waals surface area contributed by atoms with Crippen LogP contribution in [0.5, 0.6) is 5.75 Å². The molecule has 1 aromatic carbocycles. The van der Waals surface area contributed by atoms with E-state index in [1.165, 1.54) is 13.2 Å². The first-order valence-electron chi connectivity index (χ1n) is 6.78.